The molecule has 1 aliphatic rings. The number of hydrogen-bond donors (Lipinski definition) is 2. The van der Waals surface area contributed by atoms with Gasteiger partial charge in [-0.15, -0.1) is 11.3 Å². The Morgan fingerprint density at radius 1 is 1.32 bits per heavy atom. The molecule has 0 spiro atoms. The van der Waals surface area contributed by atoms with Crippen LogP contribution in [0.15, 0.2) is 41.5 Å². The van der Waals surface area contributed by atoms with E-state index in [9.17, 15) is 4.79 Å². The van der Waals surface area contributed by atoms with Gasteiger partial charge in [-0.05, 0) is 25.3 Å². The number of hydroxylamine groups is 1. The summed E-state index contributed by atoms with van der Waals surface area (Å²) in [5.41, 5.74) is 3.45. The SMILES string of the molecule is C=N/C(=C\C=C(/C)c1nc(N2CCOCC2)c2sc(CN(C)c3ncc(C(=O)NO)cn3)cc2n1)OC. The first kappa shape index (κ1) is 26.1. The Morgan fingerprint density at radius 3 is 2.70 bits per heavy atom. The van der Waals surface area contributed by atoms with Crippen molar-refractivity contribution in [2.45, 2.75) is 13.5 Å². The molecule has 0 radical (unpaired) electrons. The largest absolute Gasteiger partial charge is 0.481 e. The monoisotopic (exact) mass is 524 g/mol. The minimum atomic E-state index is -0.664. The van der Waals surface area contributed by atoms with Gasteiger partial charge in [0.1, 0.15) is 0 Å². The van der Waals surface area contributed by atoms with Crippen LogP contribution in [0, 0.1) is 0 Å². The van der Waals surface area contributed by atoms with E-state index in [2.05, 4.69) is 26.6 Å². The Bertz CT molecular complexity index is 1330. The third-order valence-corrected chi connectivity index (χ3v) is 6.75. The Balaban J connectivity index is 1.66. The van der Waals surface area contributed by atoms with E-state index < -0.39 is 5.91 Å². The molecule has 13 heteroatoms. The Hall–Kier alpha value is -3.94. The van der Waals surface area contributed by atoms with Crippen LogP contribution in [0.5, 0.6) is 0 Å². The molecule has 1 amide bonds. The van der Waals surface area contributed by atoms with E-state index >= 15 is 0 Å². The van der Waals surface area contributed by atoms with Crippen molar-refractivity contribution in [1.29, 1.82) is 0 Å². The molecule has 1 aliphatic heterocycles. The molecule has 0 aromatic carbocycles. The lowest BCUT2D eigenvalue weighted by atomic mass is 10.2. The fourth-order valence-electron chi connectivity index (χ4n) is 3.67. The second-order valence-corrected chi connectivity index (χ2v) is 9.32. The van der Waals surface area contributed by atoms with Crippen molar-refractivity contribution in [2.24, 2.45) is 4.99 Å². The number of morpholine rings is 1. The van der Waals surface area contributed by atoms with Crippen LogP contribution in [0.1, 0.15) is 28.0 Å². The van der Waals surface area contributed by atoms with E-state index in [1.165, 1.54) is 19.5 Å². The lowest BCUT2D eigenvalue weighted by molar-refractivity contribution is 0.0705. The van der Waals surface area contributed by atoms with E-state index in [0.29, 0.717) is 37.4 Å². The summed E-state index contributed by atoms with van der Waals surface area (Å²) in [5, 5.41) is 8.77. The topological polar surface area (TPSA) is 138 Å². The molecule has 3 aromatic heterocycles. The quantitative estimate of drug-likeness (QED) is 0.141. The number of thiophene rings is 1. The third-order valence-electron chi connectivity index (χ3n) is 5.65. The fraction of sp³-hybridized carbons (Fsp3) is 0.333. The summed E-state index contributed by atoms with van der Waals surface area (Å²) in [7, 11) is 3.41. The molecule has 12 nitrogen and oxygen atoms in total. The number of rotatable bonds is 9. The third kappa shape index (κ3) is 6.07. The second kappa shape index (κ2) is 11.9. The molecule has 3 aromatic rings. The van der Waals surface area contributed by atoms with Crippen molar-refractivity contribution in [2.75, 3.05) is 50.3 Å². The number of amides is 1. The van der Waals surface area contributed by atoms with Crippen LogP contribution in [0.2, 0.25) is 0 Å². The molecule has 4 heterocycles. The predicted octanol–water partition coefficient (Wildman–Crippen LogP) is 2.67. The van der Waals surface area contributed by atoms with Crippen LogP contribution >= 0.6 is 11.3 Å². The summed E-state index contributed by atoms with van der Waals surface area (Å²) in [6.07, 6.45) is 6.32. The fourth-order valence-corrected chi connectivity index (χ4v) is 4.83. The molecule has 194 valence electrons. The number of fused-ring (bicyclic) bond motifs is 1. The molecule has 2 N–H and O–H groups in total. The molecule has 4 rings (SSSR count). The van der Waals surface area contributed by atoms with Crippen molar-refractivity contribution >= 4 is 51.5 Å². The molecular weight excluding hydrogens is 496 g/mol. The zero-order chi connectivity index (χ0) is 26.4. The molecular formula is C24H28N8O4S. The first-order chi connectivity index (χ1) is 17.9. The van der Waals surface area contributed by atoms with Crippen molar-refractivity contribution in [3.8, 4) is 0 Å². The highest BCUT2D eigenvalue weighted by Gasteiger charge is 2.21. The van der Waals surface area contributed by atoms with Gasteiger partial charge in [-0.25, -0.2) is 30.4 Å². The van der Waals surface area contributed by atoms with Gasteiger partial charge in [0.25, 0.3) is 5.91 Å². The number of nitrogens with zero attached hydrogens (tertiary/aromatic N) is 7. The number of methoxy groups -OCH3 is 1. The van der Waals surface area contributed by atoms with Gasteiger partial charge in [0.15, 0.2) is 11.6 Å². The average Bonchev–Trinajstić information content (AvgIpc) is 3.35. The zero-order valence-corrected chi connectivity index (χ0v) is 21.7. The van der Waals surface area contributed by atoms with Gasteiger partial charge in [0, 0.05) is 43.5 Å². The second-order valence-electron chi connectivity index (χ2n) is 8.18. The average molecular weight is 525 g/mol. The maximum Gasteiger partial charge on any atom is 0.277 e. The van der Waals surface area contributed by atoms with Crippen molar-refractivity contribution in [3.05, 3.63) is 52.8 Å². The number of aromatic nitrogens is 4. The van der Waals surface area contributed by atoms with Crippen LogP contribution in [-0.4, -0.2) is 78.2 Å². The standard InChI is InChI=1S/C24H28N8O4S/c1-15(5-6-19(25-2)35-4)21-28-18-11-17(37-20(18)22(29-21)32-7-9-36-10-8-32)14-31(3)24-26-12-16(13-27-24)23(33)30-34/h5-6,11-13,34H,2,7-10,14H2,1,3-4H3,(H,30,33)/b15-5+,19-6+. The molecule has 1 saturated heterocycles. The van der Waals surface area contributed by atoms with E-state index in [1.807, 2.05) is 31.0 Å². The van der Waals surface area contributed by atoms with Crippen LogP contribution < -0.4 is 15.3 Å². The number of anilines is 2. The minimum absolute atomic E-state index is 0.166. The number of nitrogens with one attached hydrogen (secondary N) is 1. The number of carbonyl (C=O) groups excluding carboxylic acids is 1. The normalized spacial score (nSPS) is 14.5. The molecule has 37 heavy (non-hydrogen) atoms. The van der Waals surface area contributed by atoms with E-state index in [-0.39, 0.29) is 5.56 Å². The maximum atomic E-state index is 11.5. The summed E-state index contributed by atoms with van der Waals surface area (Å²) in [6, 6.07) is 2.05. The summed E-state index contributed by atoms with van der Waals surface area (Å²) >= 11 is 1.62. The number of hydrogen-bond acceptors (Lipinski definition) is 12. The smallest absolute Gasteiger partial charge is 0.277 e. The summed E-state index contributed by atoms with van der Waals surface area (Å²) in [6.45, 7) is 8.75. The van der Waals surface area contributed by atoms with E-state index in [0.717, 1.165) is 39.6 Å². The highest BCUT2D eigenvalue weighted by molar-refractivity contribution is 7.19. The number of carbonyl (C=O) groups is 1. The van der Waals surface area contributed by atoms with Crippen LogP contribution in [0.3, 0.4) is 0 Å². The highest BCUT2D eigenvalue weighted by atomic mass is 32.1. The van der Waals surface area contributed by atoms with Gasteiger partial charge in [0.2, 0.25) is 11.8 Å². The van der Waals surface area contributed by atoms with Gasteiger partial charge < -0.3 is 19.3 Å². The number of aliphatic imine (C=N–C) groups is 1. The van der Waals surface area contributed by atoms with Gasteiger partial charge in [-0.3, -0.25) is 10.0 Å². The Morgan fingerprint density at radius 2 is 2.05 bits per heavy atom. The predicted molar refractivity (Wildman–Crippen MR) is 142 cm³/mol. The van der Waals surface area contributed by atoms with Crippen molar-refractivity contribution in [1.82, 2.24) is 25.4 Å². The van der Waals surface area contributed by atoms with Gasteiger partial charge in [-0.2, -0.15) is 0 Å². The summed E-state index contributed by atoms with van der Waals surface area (Å²) < 4.78 is 11.7. The van der Waals surface area contributed by atoms with Crippen LogP contribution in [0.4, 0.5) is 11.8 Å². The molecule has 0 bridgehead atoms. The molecule has 0 aliphatic carbocycles. The Labute approximate surface area is 218 Å². The lowest BCUT2D eigenvalue weighted by Crippen LogP contribution is -2.37. The van der Waals surface area contributed by atoms with Gasteiger partial charge in [-0.1, -0.05) is 6.08 Å². The van der Waals surface area contributed by atoms with Crippen LogP contribution in [-0.2, 0) is 16.0 Å². The van der Waals surface area contributed by atoms with Gasteiger partial charge in [0.05, 0.1) is 42.6 Å². The zero-order valence-electron chi connectivity index (χ0n) is 20.8. The number of allylic oxidation sites excluding steroid dienone is 3. The minimum Gasteiger partial charge on any atom is -0.481 e. The summed E-state index contributed by atoms with van der Waals surface area (Å²) in [4.78, 5) is 38.7. The van der Waals surface area contributed by atoms with Gasteiger partial charge >= 0.3 is 0 Å². The first-order valence-electron chi connectivity index (χ1n) is 11.4. The summed E-state index contributed by atoms with van der Waals surface area (Å²) in [5.74, 6) is 1.68. The molecule has 0 unspecified atom stereocenters. The maximum absolute atomic E-state index is 11.5. The molecule has 1 fully saturated rings. The van der Waals surface area contributed by atoms with Crippen molar-refractivity contribution in [3.63, 3.8) is 0 Å². The Kier molecular flexibility index (Phi) is 8.38. The van der Waals surface area contributed by atoms with Crippen molar-refractivity contribution < 1.29 is 19.5 Å². The molecule has 0 atom stereocenters. The highest BCUT2D eigenvalue weighted by Crippen LogP contribution is 2.34. The van der Waals surface area contributed by atoms with Crippen LogP contribution in [0.25, 0.3) is 15.8 Å². The first-order valence-corrected chi connectivity index (χ1v) is 12.3. The van der Waals surface area contributed by atoms with E-state index in [1.54, 1.807) is 22.9 Å². The number of ether oxygens (including phenoxy) is 2. The molecule has 0 saturated carbocycles. The van der Waals surface area contributed by atoms with E-state index in [4.69, 9.17) is 24.6 Å². The lowest BCUT2D eigenvalue weighted by Gasteiger charge is -2.28.